The molecule has 1 aliphatic heterocycles. The van der Waals surface area contributed by atoms with Crippen molar-refractivity contribution in [3.63, 3.8) is 0 Å². The second-order valence-electron chi connectivity index (χ2n) is 6.13. The largest absolute Gasteiger partial charge is 0.416 e. The molecule has 16 heavy (non-hydrogen) atoms. The highest BCUT2D eigenvalue weighted by atomic mass is 28.2. The normalized spacial score (nSPS) is 27.9. The number of aliphatic hydroxyl groups excluding tert-OH is 1. The van der Waals surface area contributed by atoms with Gasteiger partial charge in [-0.25, -0.2) is 0 Å². The number of hydrogen-bond acceptors (Lipinski definition) is 3. The highest BCUT2D eigenvalue weighted by molar-refractivity contribution is 6.31. The molecule has 0 saturated heterocycles. The van der Waals surface area contributed by atoms with Gasteiger partial charge in [0.15, 0.2) is 9.76 Å². The molecule has 3 nitrogen and oxygen atoms in total. The quantitative estimate of drug-likeness (QED) is 0.602. The predicted octanol–water partition coefficient (Wildman–Crippen LogP) is 1.40. The predicted molar refractivity (Wildman–Crippen MR) is 68.3 cm³/mol. The highest BCUT2D eigenvalue weighted by Crippen LogP contribution is 2.28. The Morgan fingerprint density at radius 2 is 1.94 bits per heavy atom. The Morgan fingerprint density at radius 1 is 1.31 bits per heavy atom. The van der Waals surface area contributed by atoms with E-state index < -0.39 is 21.5 Å². The average Bonchev–Trinajstić information content (AvgIpc) is 2.14. The van der Waals surface area contributed by atoms with Crippen LogP contribution in [0.2, 0.25) is 5.04 Å². The summed E-state index contributed by atoms with van der Waals surface area (Å²) in [7, 11) is -0.637. The second-order valence-corrected chi connectivity index (χ2v) is 8.82. The lowest BCUT2D eigenvalue weighted by Gasteiger charge is -2.39. The first kappa shape index (κ1) is 13.9. The van der Waals surface area contributed by atoms with Crippen LogP contribution in [-0.4, -0.2) is 39.3 Å². The fourth-order valence-electron chi connectivity index (χ4n) is 1.65. The standard InChI is InChI=1S/C12H24O3Si/c1-11(2,3)16-15-12(4,5)10-9(13)7-6-8-14-10/h6-7,9-10,13H,8,16H2,1-5H3/t9-,10-/m1/s1. The van der Waals surface area contributed by atoms with Crippen molar-refractivity contribution >= 4 is 9.76 Å². The minimum Gasteiger partial charge on any atom is -0.416 e. The van der Waals surface area contributed by atoms with Crippen LogP contribution in [0.3, 0.4) is 0 Å². The Hall–Kier alpha value is -0.163. The van der Waals surface area contributed by atoms with Gasteiger partial charge >= 0.3 is 0 Å². The summed E-state index contributed by atoms with van der Waals surface area (Å²) in [5.41, 5.74) is -0.413. The Labute approximate surface area is 101 Å². The van der Waals surface area contributed by atoms with Crippen molar-refractivity contribution in [2.24, 2.45) is 0 Å². The monoisotopic (exact) mass is 244 g/mol. The van der Waals surface area contributed by atoms with E-state index in [2.05, 4.69) is 20.8 Å². The summed E-state index contributed by atoms with van der Waals surface area (Å²) in [6.45, 7) is 11.1. The van der Waals surface area contributed by atoms with E-state index in [1.807, 2.05) is 19.9 Å². The summed E-state index contributed by atoms with van der Waals surface area (Å²) in [6, 6.07) is 0. The summed E-state index contributed by atoms with van der Waals surface area (Å²) in [6.07, 6.45) is 2.82. The first-order valence-corrected chi connectivity index (χ1v) is 7.11. The summed E-state index contributed by atoms with van der Waals surface area (Å²) < 4.78 is 11.6. The van der Waals surface area contributed by atoms with Gasteiger partial charge in [-0.1, -0.05) is 32.9 Å². The van der Waals surface area contributed by atoms with E-state index in [1.54, 1.807) is 6.08 Å². The van der Waals surface area contributed by atoms with Crippen LogP contribution in [0.25, 0.3) is 0 Å². The molecule has 0 amide bonds. The Kier molecular flexibility index (Phi) is 4.34. The number of ether oxygens (including phenoxy) is 1. The minimum absolute atomic E-state index is 0.257. The zero-order valence-corrected chi connectivity index (χ0v) is 12.4. The van der Waals surface area contributed by atoms with Crippen LogP contribution in [0.5, 0.6) is 0 Å². The van der Waals surface area contributed by atoms with Crippen molar-refractivity contribution in [3.05, 3.63) is 12.2 Å². The van der Waals surface area contributed by atoms with Gasteiger partial charge in [-0.05, 0) is 18.9 Å². The van der Waals surface area contributed by atoms with Crippen LogP contribution in [-0.2, 0) is 9.16 Å². The summed E-state index contributed by atoms with van der Waals surface area (Å²) in [5.74, 6) is 0. The molecular weight excluding hydrogens is 220 g/mol. The van der Waals surface area contributed by atoms with Crippen molar-refractivity contribution in [2.75, 3.05) is 6.61 Å². The van der Waals surface area contributed by atoms with E-state index in [9.17, 15) is 5.11 Å². The SMILES string of the molecule is CC(C)(C)[SiH2]OC(C)(C)[C@@H]1OCC=C[C@H]1O. The Balaban J connectivity index is 2.59. The molecule has 0 bridgehead atoms. The van der Waals surface area contributed by atoms with Crippen LogP contribution >= 0.6 is 0 Å². The number of aliphatic hydroxyl groups is 1. The van der Waals surface area contributed by atoms with E-state index in [0.29, 0.717) is 6.61 Å². The molecular formula is C12H24O3Si. The molecule has 0 aromatic rings. The smallest absolute Gasteiger partial charge is 0.167 e. The maximum absolute atomic E-state index is 9.86. The van der Waals surface area contributed by atoms with E-state index in [0.717, 1.165) is 0 Å². The third-order valence-electron chi connectivity index (χ3n) is 2.58. The van der Waals surface area contributed by atoms with Gasteiger partial charge in [0.2, 0.25) is 0 Å². The molecule has 0 spiro atoms. The van der Waals surface area contributed by atoms with Gasteiger partial charge in [-0.15, -0.1) is 0 Å². The second kappa shape index (κ2) is 5.00. The molecule has 0 unspecified atom stereocenters. The van der Waals surface area contributed by atoms with Crippen molar-refractivity contribution in [1.29, 1.82) is 0 Å². The Bertz CT molecular complexity index is 255. The summed E-state index contributed by atoms with van der Waals surface area (Å²) >= 11 is 0. The summed E-state index contributed by atoms with van der Waals surface area (Å²) in [4.78, 5) is 0. The molecule has 2 atom stereocenters. The average molecular weight is 244 g/mol. The lowest BCUT2D eigenvalue weighted by atomic mass is 9.95. The van der Waals surface area contributed by atoms with E-state index in [-0.39, 0.29) is 11.1 Å². The van der Waals surface area contributed by atoms with Crippen LogP contribution < -0.4 is 0 Å². The molecule has 0 aliphatic carbocycles. The van der Waals surface area contributed by atoms with Gasteiger partial charge in [-0.3, -0.25) is 0 Å². The molecule has 4 heteroatoms. The molecule has 94 valence electrons. The Morgan fingerprint density at radius 3 is 2.44 bits per heavy atom. The van der Waals surface area contributed by atoms with Crippen LogP contribution in [0.4, 0.5) is 0 Å². The molecule has 0 saturated carbocycles. The zero-order chi connectivity index (χ0) is 12.4. The zero-order valence-electron chi connectivity index (χ0n) is 11.0. The fourth-order valence-corrected chi connectivity index (χ4v) is 2.62. The van der Waals surface area contributed by atoms with Gasteiger partial charge < -0.3 is 14.3 Å². The van der Waals surface area contributed by atoms with Crippen molar-refractivity contribution in [1.82, 2.24) is 0 Å². The molecule has 0 aromatic carbocycles. The molecule has 1 rings (SSSR count). The fraction of sp³-hybridized carbons (Fsp3) is 0.833. The minimum atomic E-state index is -0.637. The van der Waals surface area contributed by atoms with Gasteiger partial charge in [0.25, 0.3) is 0 Å². The number of hydrogen-bond donors (Lipinski definition) is 1. The first-order valence-electron chi connectivity index (χ1n) is 5.83. The highest BCUT2D eigenvalue weighted by Gasteiger charge is 2.37. The van der Waals surface area contributed by atoms with Crippen LogP contribution in [0.15, 0.2) is 12.2 Å². The van der Waals surface area contributed by atoms with E-state index >= 15 is 0 Å². The van der Waals surface area contributed by atoms with Gasteiger partial charge in [0.05, 0.1) is 12.2 Å². The van der Waals surface area contributed by atoms with Gasteiger partial charge in [0, 0.05) is 0 Å². The number of rotatable bonds is 3. The van der Waals surface area contributed by atoms with Crippen molar-refractivity contribution < 1.29 is 14.3 Å². The molecule has 0 aromatic heterocycles. The molecule has 0 fully saturated rings. The maximum atomic E-state index is 9.86. The third kappa shape index (κ3) is 4.01. The topological polar surface area (TPSA) is 38.7 Å². The molecule has 1 aliphatic rings. The van der Waals surface area contributed by atoms with Gasteiger partial charge in [-0.2, -0.15) is 0 Å². The lowest BCUT2D eigenvalue weighted by molar-refractivity contribution is -0.115. The van der Waals surface area contributed by atoms with Crippen molar-refractivity contribution in [3.8, 4) is 0 Å². The van der Waals surface area contributed by atoms with E-state index in [1.165, 1.54) is 0 Å². The van der Waals surface area contributed by atoms with E-state index in [4.69, 9.17) is 9.16 Å². The maximum Gasteiger partial charge on any atom is 0.167 e. The van der Waals surface area contributed by atoms with Gasteiger partial charge in [0.1, 0.15) is 12.2 Å². The molecule has 0 radical (unpaired) electrons. The van der Waals surface area contributed by atoms with Crippen LogP contribution in [0, 0.1) is 0 Å². The molecule has 1 N–H and O–H groups in total. The third-order valence-corrected chi connectivity index (χ3v) is 4.33. The summed E-state index contributed by atoms with van der Waals surface area (Å²) in [5, 5.41) is 10.1. The van der Waals surface area contributed by atoms with Crippen LogP contribution in [0.1, 0.15) is 34.6 Å². The lowest BCUT2D eigenvalue weighted by Crippen LogP contribution is -2.50. The molecule has 1 heterocycles. The van der Waals surface area contributed by atoms with Crippen molar-refractivity contribution in [2.45, 2.75) is 57.5 Å². The first-order chi connectivity index (χ1) is 7.22.